The van der Waals surface area contributed by atoms with Gasteiger partial charge in [0.2, 0.25) is 5.91 Å². The van der Waals surface area contributed by atoms with Gasteiger partial charge < -0.3 is 20.1 Å². The normalized spacial score (nSPS) is 12.5. The van der Waals surface area contributed by atoms with E-state index in [-0.39, 0.29) is 19.1 Å². The van der Waals surface area contributed by atoms with Crippen LogP contribution in [0.5, 0.6) is 0 Å². The van der Waals surface area contributed by atoms with Gasteiger partial charge in [-0.05, 0) is 23.5 Å². The average Bonchev–Trinajstić information content (AvgIpc) is 2.77. The number of benzene rings is 2. The van der Waals surface area contributed by atoms with Crippen LogP contribution in [0.2, 0.25) is 0 Å². The molecule has 0 heterocycles. The Labute approximate surface area is 183 Å². The largest absolute Gasteiger partial charge is 0.445 e. The molecule has 0 bridgehead atoms. The lowest BCUT2D eigenvalue weighted by Gasteiger charge is -2.21. The molecule has 2 atom stereocenters. The van der Waals surface area contributed by atoms with Crippen molar-refractivity contribution in [2.24, 2.45) is 5.92 Å². The van der Waals surface area contributed by atoms with Crippen molar-refractivity contribution in [1.29, 1.82) is 5.26 Å². The number of carbonyl (C=O) groups excluding carboxylic acids is 2. The zero-order valence-electron chi connectivity index (χ0n) is 17.9. The predicted octanol–water partition coefficient (Wildman–Crippen LogP) is 3.55. The van der Waals surface area contributed by atoms with Crippen LogP contribution >= 0.6 is 0 Å². The second kappa shape index (κ2) is 13.0. The topological polar surface area (TPSA) is 100 Å². The Bertz CT molecular complexity index is 850. The molecule has 7 heteroatoms. The zero-order valence-corrected chi connectivity index (χ0v) is 17.9. The Morgan fingerprint density at radius 2 is 1.52 bits per heavy atom. The van der Waals surface area contributed by atoms with E-state index in [1.165, 1.54) is 0 Å². The zero-order chi connectivity index (χ0) is 22.5. The van der Waals surface area contributed by atoms with Crippen molar-refractivity contribution in [3.05, 3.63) is 71.8 Å². The summed E-state index contributed by atoms with van der Waals surface area (Å²) >= 11 is 0. The summed E-state index contributed by atoms with van der Waals surface area (Å²) in [5, 5.41) is 14.6. The number of ether oxygens (including phenoxy) is 2. The summed E-state index contributed by atoms with van der Waals surface area (Å²) in [4.78, 5) is 24.9. The number of carbonyl (C=O) groups is 2. The lowest BCUT2D eigenvalue weighted by molar-refractivity contribution is -0.124. The fourth-order valence-electron chi connectivity index (χ4n) is 2.86. The second-order valence-electron chi connectivity index (χ2n) is 7.58. The van der Waals surface area contributed by atoms with Gasteiger partial charge in [0.25, 0.3) is 0 Å². The molecular formula is C24H29N3O4. The van der Waals surface area contributed by atoms with E-state index in [4.69, 9.17) is 9.47 Å². The molecule has 164 valence electrons. The van der Waals surface area contributed by atoms with Gasteiger partial charge in [0, 0.05) is 0 Å². The maximum Gasteiger partial charge on any atom is 0.408 e. The smallest absolute Gasteiger partial charge is 0.408 e. The third-order valence-corrected chi connectivity index (χ3v) is 4.40. The van der Waals surface area contributed by atoms with Crippen molar-refractivity contribution < 1.29 is 19.1 Å². The van der Waals surface area contributed by atoms with Crippen LogP contribution in [-0.4, -0.2) is 30.7 Å². The summed E-state index contributed by atoms with van der Waals surface area (Å²) in [5.41, 5.74) is 1.83. The van der Waals surface area contributed by atoms with Gasteiger partial charge in [-0.3, -0.25) is 4.79 Å². The van der Waals surface area contributed by atoms with E-state index >= 15 is 0 Å². The van der Waals surface area contributed by atoms with Gasteiger partial charge in [-0.15, -0.1) is 0 Å². The molecule has 2 N–H and O–H groups in total. The van der Waals surface area contributed by atoms with Crippen LogP contribution in [0.25, 0.3) is 0 Å². The van der Waals surface area contributed by atoms with Crippen LogP contribution in [0.4, 0.5) is 4.79 Å². The highest BCUT2D eigenvalue weighted by Gasteiger charge is 2.25. The summed E-state index contributed by atoms with van der Waals surface area (Å²) in [7, 11) is 0. The number of nitrogens with one attached hydrogen (secondary N) is 2. The van der Waals surface area contributed by atoms with Crippen molar-refractivity contribution in [2.45, 2.75) is 45.6 Å². The highest BCUT2D eigenvalue weighted by Crippen LogP contribution is 2.07. The summed E-state index contributed by atoms with van der Waals surface area (Å²) < 4.78 is 10.8. The Morgan fingerprint density at radius 1 is 0.935 bits per heavy atom. The van der Waals surface area contributed by atoms with E-state index in [2.05, 4.69) is 10.6 Å². The Kier molecular flexibility index (Phi) is 10.1. The summed E-state index contributed by atoms with van der Waals surface area (Å²) in [5.74, 6) is -0.291. The average molecular weight is 424 g/mol. The summed E-state index contributed by atoms with van der Waals surface area (Å²) in [6.07, 6.45) is -0.270. The van der Waals surface area contributed by atoms with E-state index < -0.39 is 24.1 Å². The quantitative estimate of drug-likeness (QED) is 0.576. The van der Waals surface area contributed by atoms with Gasteiger partial charge in [0.15, 0.2) is 0 Å². The van der Waals surface area contributed by atoms with Gasteiger partial charge in [-0.1, -0.05) is 74.5 Å². The van der Waals surface area contributed by atoms with Crippen LogP contribution < -0.4 is 10.6 Å². The fourth-order valence-corrected chi connectivity index (χ4v) is 2.86. The van der Waals surface area contributed by atoms with Gasteiger partial charge >= 0.3 is 6.09 Å². The first-order chi connectivity index (χ1) is 15.0. The van der Waals surface area contributed by atoms with E-state index in [1.54, 1.807) is 0 Å². The first kappa shape index (κ1) is 23.9. The monoisotopic (exact) mass is 423 g/mol. The number of hydrogen-bond donors (Lipinski definition) is 2. The molecule has 2 rings (SSSR count). The maximum atomic E-state index is 12.7. The Hall–Kier alpha value is -3.37. The van der Waals surface area contributed by atoms with Crippen molar-refractivity contribution >= 4 is 12.0 Å². The molecule has 2 aromatic carbocycles. The van der Waals surface area contributed by atoms with Crippen molar-refractivity contribution in [3.63, 3.8) is 0 Å². The standard InChI is InChI=1S/C24H29N3O4/c1-18(2)13-22(27-24(29)31-16-20-11-7-4-8-12-20)23(28)26-21(14-25)17-30-15-19-9-5-3-6-10-19/h3-12,18,21-22H,13,15-17H2,1-2H3,(H,26,28)(H,27,29). The van der Waals surface area contributed by atoms with Crippen LogP contribution in [-0.2, 0) is 27.5 Å². The molecule has 7 nitrogen and oxygen atoms in total. The lowest BCUT2D eigenvalue weighted by atomic mass is 10.0. The Balaban J connectivity index is 1.85. The third-order valence-electron chi connectivity index (χ3n) is 4.40. The molecule has 0 aliphatic rings. The number of nitrogens with zero attached hydrogens (tertiary/aromatic N) is 1. The van der Waals surface area contributed by atoms with E-state index in [9.17, 15) is 14.9 Å². The molecule has 0 aliphatic heterocycles. The molecule has 0 saturated heterocycles. The molecule has 0 aromatic heterocycles. The van der Waals surface area contributed by atoms with Crippen LogP contribution in [0.3, 0.4) is 0 Å². The lowest BCUT2D eigenvalue weighted by Crippen LogP contribution is -2.51. The van der Waals surface area contributed by atoms with Crippen LogP contribution in [0, 0.1) is 17.2 Å². The molecule has 31 heavy (non-hydrogen) atoms. The van der Waals surface area contributed by atoms with Crippen LogP contribution in [0.1, 0.15) is 31.4 Å². The van der Waals surface area contributed by atoms with Crippen molar-refractivity contribution in [3.8, 4) is 6.07 Å². The first-order valence-electron chi connectivity index (χ1n) is 10.3. The van der Waals surface area contributed by atoms with Crippen LogP contribution in [0.15, 0.2) is 60.7 Å². The SMILES string of the molecule is CC(C)CC(NC(=O)OCc1ccccc1)C(=O)NC(C#N)COCc1ccccc1. The maximum absolute atomic E-state index is 12.7. The highest BCUT2D eigenvalue weighted by atomic mass is 16.5. The third kappa shape index (κ3) is 9.32. The Morgan fingerprint density at radius 3 is 2.06 bits per heavy atom. The van der Waals surface area contributed by atoms with E-state index in [1.807, 2.05) is 80.6 Å². The number of hydrogen-bond acceptors (Lipinski definition) is 5. The number of alkyl carbamates (subject to hydrolysis) is 1. The van der Waals surface area contributed by atoms with Gasteiger partial charge in [-0.2, -0.15) is 5.26 Å². The predicted molar refractivity (Wildman–Crippen MR) is 117 cm³/mol. The minimum atomic E-state index is -0.826. The summed E-state index contributed by atoms with van der Waals surface area (Å²) in [6.45, 7) is 4.39. The number of nitriles is 1. The van der Waals surface area contributed by atoms with Gasteiger partial charge in [0.1, 0.15) is 18.7 Å². The molecule has 0 fully saturated rings. The number of rotatable bonds is 11. The van der Waals surface area contributed by atoms with Crippen molar-refractivity contribution in [2.75, 3.05) is 6.61 Å². The molecule has 2 unspecified atom stereocenters. The highest BCUT2D eigenvalue weighted by molar-refractivity contribution is 5.86. The minimum Gasteiger partial charge on any atom is -0.445 e. The molecule has 0 saturated carbocycles. The number of amides is 2. The van der Waals surface area contributed by atoms with Crippen molar-refractivity contribution in [1.82, 2.24) is 10.6 Å². The summed E-state index contributed by atoms with van der Waals surface area (Å²) in [6, 6.07) is 19.2. The minimum absolute atomic E-state index is 0.0456. The molecule has 2 amide bonds. The first-order valence-corrected chi connectivity index (χ1v) is 10.3. The molecular weight excluding hydrogens is 394 g/mol. The van der Waals surface area contributed by atoms with Gasteiger partial charge in [-0.25, -0.2) is 4.79 Å². The second-order valence-corrected chi connectivity index (χ2v) is 7.58. The molecule has 0 spiro atoms. The van der Waals surface area contributed by atoms with E-state index in [0.717, 1.165) is 11.1 Å². The molecule has 0 radical (unpaired) electrons. The molecule has 2 aromatic rings. The van der Waals surface area contributed by atoms with Gasteiger partial charge in [0.05, 0.1) is 19.3 Å². The van der Waals surface area contributed by atoms with E-state index in [0.29, 0.717) is 13.0 Å². The molecule has 0 aliphatic carbocycles. The fraction of sp³-hybridized carbons (Fsp3) is 0.375.